The Bertz CT molecular complexity index is 1010. The smallest absolute Gasteiger partial charge is 0.462 e. The van der Waals surface area contributed by atoms with Gasteiger partial charge in [0.25, 0.3) is 0 Å². The van der Waals surface area contributed by atoms with Crippen LogP contribution in [-0.4, -0.2) is 68.3 Å². The van der Waals surface area contributed by atoms with E-state index in [1.54, 1.807) is 0 Å². The first-order valence-electron chi connectivity index (χ1n) is 20.4. The van der Waals surface area contributed by atoms with Gasteiger partial charge in [0.2, 0.25) is 0 Å². The highest BCUT2D eigenvalue weighted by atomic mass is 31.2. The number of hydrogen-bond donors (Lipinski definition) is 1. The number of unbranched alkanes of at least 4 members (excludes halogenated alkanes) is 15. The lowest BCUT2D eigenvalue weighted by molar-refractivity contribution is -0.161. The minimum atomic E-state index is -4.37. The second-order valence-corrected chi connectivity index (χ2v) is 15.3. The molecule has 0 aliphatic carbocycles. The van der Waals surface area contributed by atoms with Crippen molar-refractivity contribution in [1.82, 2.24) is 4.90 Å². The summed E-state index contributed by atoms with van der Waals surface area (Å²) in [6.07, 6.45) is 40.2. The standard InChI is InChI=1S/C42H76NO8P/c1-5-7-9-11-13-15-17-19-20-21-22-23-25-26-28-30-32-34-41(44)48-38-40(39-50-52(46,47)49-37-36-43(3)4)51-42(45)35-33-31-29-27-24-18-16-14-12-10-8-6-2/h13,15,19-20,22-23,26,28,40H,5-12,14,16-18,21,24-25,27,29-39H2,1-4H3,(H,46,47)/b15-13-,20-19-,23-22-,28-26-. The highest BCUT2D eigenvalue weighted by Crippen LogP contribution is 2.43. The van der Waals surface area contributed by atoms with E-state index >= 15 is 0 Å². The number of hydrogen-bond acceptors (Lipinski definition) is 8. The van der Waals surface area contributed by atoms with Crippen molar-refractivity contribution in [1.29, 1.82) is 0 Å². The Morgan fingerprint density at radius 3 is 1.60 bits per heavy atom. The van der Waals surface area contributed by atoms with E-state index in [9.17, 15) is 19.0 Å². The molecule has 2 unspecified atom stereocenters. The molecule has 0 amide bonds. The molecule has 0 heterocycles. The topological polar surface area (TPSA) is 112 Å². The maximum Gasteiger partial charge on any atom is 0.472 e. The number of phosphoric ester groups is 1. The van der Waals surface area contributed by atoms with E-state index in [2.05, 4.69) is 62.5 Å². The Hall–Kier alpha value is -2.03. The molecule has 9 nitrogen and oxygen atoms in total. The van der Waals surface area contributed by atoms with Crippen molar-refractivity contribution in [3.8, 4) is 0 Å². The fourth-order valence-corrected chi connectivity index (χ4v) is 5.95. The molecule has 0 aliphatic rings. The molecular weight excluding hydrogens is 677 g/mol. The molecule has 1 N–H and O–H groups in total. The molecule has 0 bridgehead atoms. The molecule has 0 radical (unpaired) electrons. The van der Waals surface area contributed by atoms with Crippen LogP contribution >= 0.6 is 7.82 Å². The SMILES string of the molecule is CCCCC/C=C\C/C=C\C/C=C\C/C=C\CCCC(=O)OCC(COP(=O)(O)OCCN(C)C)OC(=O)CCCCCCCCCCCCCC. The Morgan fingerprint density at radius 1 is 0.596 bits per heavy atom. The minimum absolute atomic E-state index is 0.00137. The van der Waals surface area contributed by atoms with Crippen LogP contribution in [0.25, 0.3) is 0 Å². The quantitative estimate of drug-likeness (QED) is 0.0287. The van der Waals surface area contributed by atoms with E-state index in [1.165, 1.54) is 83.5 Å². The summed E-state index contributed by atoms with van der Waals surface area (Å²) in [6, 6.07) is 0. The second-order valence-electron chi connectivity index (χ2n) is 13.8. The number of likely N-dealkylation sites (N-methyl/N-ethyl adjacent to an activating group) is 1. The molecule has 0 aromatic heterocycles. The fraction of sp³-hybridized carbons (Fsp3) is 0.762. The fourth-order valence-electron chi connectivity index (χ4n) is 5.21. The first kappa shape index (κ1) is 50.0. The number of esters is 2. The molecule has 0 aliphatic heterocycles. The monoisotopic (exact) mass is 754 g/mol. The Morgan fingerprint density at radius 2 is 1.06 bits per heavy atom. The van der Waals surface area contributed by atoms with Crippen molar-refractivity contribution < 1.29 is 37.6 Å². The van der Waals surface area contributed by atoms with Gasteiger partial charge in [-0.1, -0.05) is 146 Å². The average molecular weight is 754 g/mol. The normalized spacial score (nSPS) is 14.0. The van der Waals surface area contributed by atoms with Crippen LogP contribution in [0.3, 0.4) is 0 Å². The number of ether oxygens (including phenoxy) is 2. The number of rotatable bonds is 37. The van der Waals surface area contributed by atoms with Crippen LogP contribution in [-0.2, 0) is 32.7 Å². The van der Waals surface area contributed by atoms with E-state index in [4.69, 9.17) is 18.5 Å². The minimum Gasteiger partial charge on any atom is -0.462 e. The Balaban J connectivity index is 4.42. The number of allylic oxidation sites excluding steroid dienone is 8. The summed E-state index contributed by atoms with van der Waals surface area (Å²) in [5, 5.41) is 0. The molecule has 0 fully saturated rings. The van der Waals surface area contributed by atoms with Gasteiger partial charge in [0, 0.05) is 19.4 Å². The van der Waals surface area contributed by atoms with Gasteiger partial charge in [-0.2, -0.15) is 0 Å². The molecular formula is C42H76NO8P. The van der Waals surface area contributed by atoms with Gasteiger partial charge in [0.15, 0.2) is 6.10 Å². The second kappa shape index (κ2) is 37.3. The summed E-state index contributed by atoms with van der Waals surface area (Å²) in [4.78, 5) is 36.9. The predicted octanol–water partition coefficient (Wildman–Crippen LogP) is 11.4. The third-order valence-corrected chi connectivity index (χ3v) is 9.37. The third kappa shape index (κ3) is 37.7. The summed E-state index contributed by atoms with van der Waals surface area (Å²) in [5.74, 6) is -0.870. The van der Waals surface area contributed by atoms with Crippen LogP contribution in [0, 0.1) is 0 Å². The van der Waals surface area contributed by atoms with Gasteiger partial charge < -0.3 is 19.3 Å². The summed E-state index contributed by atoms with van der Waals surface area (Å²) < 4.78 is 33.3. The van der Waals surface area contributed by atoms with Gasteiger partial charge in [-0.25, -0.2) is 4.57 Å². The van der Waals surface area contributed by atoms with Crippen molar-refractivity contribution in [2.24, 2.45) is 0 Å². The van der Waals surface area contributed by atoms with E-state index in [0.29, 0.717) is 19.4 Å². The first-order valence-corrected chi connectivity index (χ1v) is 21.9. The summed E-state index contributed by atoms with van der Waals surface area (Å²) in [6.45, 7) is 4.21. The van der Waals surface area contributed by atoms with Crippen LogP contribution in [0.1, 0.15) is 162 Å². The zero-order chi connectivity index (χ0) is 38.4. The zero-order valence-electron chi connectivity index (χ0n) is 33.5. The lowest BCUT2D eigenvalue weighted by atomic mass is 10.0. The van der Waals surface area contributed by atoms with Gasteiger partial charge in [0.05, 0.1) is 13.2 Å². The number of carbonyl (C=O) groups is 2. The summed E-state index contributed by atoms with van der Waals surface area (Å²) >= 11 is 0. The number of carbonyl (C=O) groups excluding carboxylic acids is 2. The van der Waals surface area contributed by atoms with Crippen LogP contribution in [0.2, 0.25) is 0 Å². The third-order valence-electron chi connectivity index (χ3n) is 8.39. The highest BCUT2D eigenvalue weighted by Gasteiger charge is 2.26. The van der Waals surface area contributed by atoms with Crippen molar-refractivity contribution in [3.63, 3.8) is 0 Å². The maximum absolute atomic E-state index is 12.6. The van der Waals surface area contributed by atoms with Crippen molar-refractivity contribution in [3.05, 3.63) is 48.6 Å². The van der Waals surface area contributed by atoms with Gasteiger partial charge in [-0.15, -0.1) is 0 Å². The summed E-state index contributed by atoms with van der Waals surface area (Å²) in [7, 11) is -0.734. The van der Waals surface area contributed by atoms with Crippen LogP contribution in [0.15, 0.2) is 48.6 Å². The molecule has 302 valence electrons. The van der Waals surface area contributed by atoms with E-state index in [0.717, 1.165) is 38.5 Å². The van der Waals surface area contributed by atoms with Crippen LogP contribution in [0.4, 0.5) is 0 Å². The van der Waals surface area contributed by atoms with Gasteiger partial charge in [0.1, 0.15) is 6.61 Å². The van der Waals surface area contributed by atoms with Crippen molar-refractivity contribution in [2.45, 2.75) is 168 Å². The lowest BCUT2D eigenvalue weighted by Gasteiger charge is -2.20. The molecule has 52 heavy (non-hydrogen) atoms. The molecule has 0 spiro atoms. The predicted molar refractivity (Wildman–Crippen MR) is 215 cm³/mol. The van der Waals surface area contributed by atoms with E-state index in [1.807, 2.05) is 19.0 Å². The average Bonchev–Trinajstić information content (AvgIpc) is 3.11. The Kier molecular flexibility index (Phi) is 35.8. The Labute approximate surface area is 318 Å². The molecule has 10 heteroatoms. The van der Waals surface area contributed by atoms with E-state index < -0.39 is 32.5 Å². The molecule has 0 saturated carbocycles. The lowest BCUT2D eigenvalue weighted by Crippen LogP contribution is -2.29. The zero-order valence-corrected chi connectivity index (χ0v) is 34.4. The molecule has 0 aromatic rings. The van der Waals surface area contributed by atoms with Crippen molar-refractivity contribution >= 4 is 19.8 Å². The van der Waals surface area contributed by atoms with Gasteiger partial charge in [-0.3, -0.25) is 18.6 Å². The highest BCUT2D eigenvalue weighted by molar-refractivity contribution is 7.47. The maximum atomic E-state index is 12.6. The summed E-state index contributed by atoms with van der Waals surface area (Å²) in [5.41, 5.74) is 0. The largest absolute Gasteiger partial charge is 0.472 e. The van der Waals surface area contributed by atoms with Crippen molar-refractivity contribution in [2.75, 3.05) is 40.5 Å². The van der Waals surface area contributed by atoms with Crippen LogP contribution < -0.4 is 0 Å². The molecule has 0 aromatic carbocycles. The molecule has 0 saturated heterocycles. The van der Waals surface area contributed by atoms with Gasteiger partial charge in [-0.05, 0) is 65.5 Å². The molecule has 2 atom stereocenters. The van der Waals surface area contributed by atoms with Crippen LogP contribution in [0.5, 0.6) is 0 Å². The first-order chi connectivity index (χ1) is 25.2. The number of phosphoric acid groups is 1. The van der Waals surface area contributed by atoms with Gasteiger partial charge >= 0.3 is 19.8 Å². The number of nitrogens with zero attached hydrogens (tertiary/aromatic N) is 1. The molecule has 0 rings (SSSR count). The van der Waals surface area contributed by atoms with E-state index in [-0.39, 0.29) is 26.1 Å².